The minimum Gasteiger partial charge on any atom is -0.343 e. The Hall–Kier alpha value is -1.92. The molecule has 0 saturated carbocycles. The molecule has 0 radical (unpaired) electrons. The van der Waals surface area contributed by atoms with Crippen LogP contribution in [0.5, 0.6) is 0 Å². The van der Waals surface area contributed by atoms with Gasteiger partial charge in [0.1, 0.15) is 0 Å². The van der Waals surface area contributed by atoms with Gasteiger partial charge in [0.05, 0.1) is 6.42 Å². The van der Waals surface area contributed by atoms with Crippen molar-refractivity contribution in [3.8, 4) is 0 Å². The van der Waals surface area contributed by atoms with E-state index in [1.54, 1.807) is 4.90 Å². The molecular weight excluding hydrogens is 276 g/mol. The third-order valence-corrected chi connectivity index (χ3v) is 3.88. The SMILES string of the molecule is CC1CCN(C(=O)CCC(=O)ON2C(=O)CCC2=O)CC1. The Morgan fingerprint density at radius 2 is 1.67 bits per heavy atom. The van der Waals surface area contributed by atoms with Gasteiger partial charge in [-0.1, -0.05) is 6.92 Å². The summed E-state index contributed by atoms with van der Waals surface area (Å²) in [6.45, 7) is 3.60. The fourth-order valence-corrected chi connectivity index (χ4v) is 2.43. The van der Waals surface area contributed by atoms with Crippen LogP contribution in [0.4, 0.5) is 0 Å². The van der Waals surface area contributed by atoms with E-state index >= 15 is 0 Å². The van der Waals surface area contributed by atoms with Crippen LogP contribution in [0.1, 0.15) is 45.4 Å². The van der Waals surface area contributed by atoms with Crippen molar-refractivity contribution in [2.75, 3.05) is 13.1 Å². The monoisotopic (exact) mass is 296 g/mol. The van der Waals surface area contributed by atoms with E-state index in [2.05, 4.69) is 6.92 Å². The highest BCUT2D eigenvalue weighted by atomic mass is 16.7. The van der Waals surface area contributed by atoms with E-state index < -0.39 is 17.8 Å². The molecule has 0 atom stereocenters. The number of rotatable bonds is 4. The Bertz CT molecular complexity index is 438. The molecule has 2 rings (SSSR count). The van der Waals surface area contributed by atoms with E-state index in [4.69, 9.17) is 4.84 Å². The first-order chi connectivity index (χ1) is 9.97. The Morgan fingerprint density at radius 3 is 2.24 bits per heavy atom. The van der Waals surface area contributed by atoms with Gasteiger partial charge in [0.15, 0.2) is 0 Å². The highest BCUT2D eigenvalue weighted by molar-refractivity contribution is 6.01. The smallest absolute Gasteiger partial charge is 0.333 e. The molecule has 0 aliphatic carbocycles. The summed E-state index contributed by atoms with van der Waals surface area (Å²) in [4.78, 5) is 52.6. The molecule has 2 heterocycles. The summed E-state index contributed by atoms with van der Waals surface area (Å²) >= 11 is 0. The number of likely N-dealkylation sites (tertiary alicyclic amines) is 1. The third kappa shape index (κ3) is 4.03. The van der Waals surface area contributed by atoms with Crippen molar-refractivity contribution in [1.82, 2.24) is 9.96 Å². The summed E-state index contributed by atoms with van der Waals surface area (Å²) in [7, 11) is 0. The molecule has 3 amide bonds. The maximum absolute atomic E-state index is 11.9. The van der Waals surface area contributed by atoms with Crippen LogP contribution in [0.2, 0.25) is 0 Å². The van der Waals surface area contributed by atoms with Crippen molar-refractivity contribution >= 4 is 23.7 Å². The lowest BCUT2D eigenvalue weighted by Crippen LogP contribution is -2.38. The molecule has 0 aromatic heterocycles. The maximum Gasteiger partial charge on any atom is 0.333 e. The molecule has 7 heteroatoms. The zero-order chi connectivity index (χ0) is 15.4. The molecule has 21 heavy (non-hydrogen) atoms. The van der Waals surface area contributed by atoms with Crippen LogP contribution in [-0.2, 0) is 24.0 Å². The highest BCUT2D eigenvalue weighted by Gasteiger charge is 2.33. The second-order valence-electron chi connectivity index (χ2n) is 5.61. The van der Waals surface area contributed by atoms with Crippen LogP contribution in [0, 0.1) is 5.92 Å². The number of nitrogens with zero attached hydrogens (tertiary/aromatic N) is 2. The zero-order valence-corrected chi connectivity index (χ0v) is 12.2. The lowest BCUT2D eigenvalue weighted by Gasteiger charge is -2.30. The van der Waals surface area contributed by atoms with Crippen LogP contribution >= 0.6 is 0 Å². The van der Waals surface area contributed by atoms with Gasteiger partial charge in [-0.15, -0.1) is 5.06 Å². The minimum absolute atomic E-state index is 0.0451. The molecule has 0 unspecified atom stereocenters. The summed E-state index contributed by atoms with van der Waals surface area (Å²) in [5.41, 5.74) is 0. The van der Waals surface area contributed by atoms with E-state index in [9.17, 15) is 19.2 Å². The zero-order valence-electron chi connectivity index (χ0n) is 12.2. The Kier molecular flexibility index (Phi) is 4.93. The summed E-state index contributed by atoms with van der Waals surface area (Å²) in [6.07, 6.45) is 2.01. The first-order valence-electron chi connectivity index (χ1n) is 7.31. The van der Waals surface area contributed by atoms with Gasteiger partial charge < -0.3 is 9.74 Å². The Labute approximate surface area is 123 Å². The normalized spacial score (nSPS) is 20.0. The van der Waals surface area contributed by atoms with E-state index in [0.717, 1.165) is 25.9 Å². The average Bonchev–Trinajstić information content (AvgIpc) is 2.77. The number of hydroxylamine groups is 2. The molecule has 0 N–H and O–H groups in total. The summed E-state index contributed by atoms with van der Waals surface area (Å²) in [6, 6.07) is 0. The predicted octanol–water partition coefficient (Wildman–Crippen LogP) is 0.632. The molecule has 0 spiro atoms. The fraction of sp³-hybridized carbons (Fsp3) is 0.714. The lowest BCUT2D eigenvalue weighted by molar-refractivity contribution is -0.197. The highest BCUT2D eigenvalue weighted by Crippen LogP contribution is 2.17. The van der Waals surface area contributed by atoms with Gasteiger partial charge >= 0.3 is 5.97 Å². The second kappa shape index (κ2) is 6.69. The molecule has 0 aromatic carbocycles. The van der Waals surface area contributed by atoms with Crippen molar-refractivity contribution in [3.05, 3.63) is 0 Å². The first-order valence-corrected chi connectivity index (χ1v) is 7.31. The molecule has 2 aliphatic heterocycles. The van der Waals surface area contributed by atoms with Gasteiger partial charge in [0.2, 0.25) is 5.91 Å². The molecule has 0 bridgehead atoms. The van der Waals surface area contributed by atoms with Crippen molar-refractivity contribution in [2.45, 2.75) is 45.4 Å². The number of amides is 3. The lowest BCUT2D eigenvalue weighted by atomic mass is 9.99. The van der Waals surface area contributed by atoms with Crippen LogP contribution < -0.4 is 0 Å². The van der Waals surface area contributed by atoms with E-state index in [1.807, 2.05) is 0 Å². The average molecular weight is 296 g/mol. The van der Waals surface area contributed by atoms with Gasteiger partial charge in [-0.2, -0.15) is 0 Å². The number of carbonyl (C=O) groups is 4. The van der Waals surface area contributed by atoms with Crippen LogP contribution in [0.3, 0.4) is 0 Å². The molecule has 116 valence electrons. The molecule has 2 saturated heterocycles. The van der Waals surface area contributed by atoms with Crippen LogP contribution in [-0.4, -0.2) is 46.7 Å². The molecule has 0 aromatic rings. The van der Waals surface area contributed by atoms with Crippen molar-refractivity contribution in [2.24, 2.45) is 5.92 Å². The van der Waals surface area contributed by atoms with Crippen molar-refractivity contribution < 1.29 is 24.0 Å². The summed E-state index contributed by atoms with van der Waals surface area (Å²) in [5.74, 6) is -1.20. The van der Waals surface area contributed by atoms with Gasteiger partial charge in [-0.05, 0) is 18.8 Å². The van der Waals surface area contributed by atoms with E-state index in [1.165, 1.54) is 0 Å². The van der Waals surface area contributed by atoms with Gasteiger partial charge in [0, 0.05) is 32.4 Å². The van der Waals surface area contributed by atoms with Gasteiger partial charge in [-0.3, -0.25) is 14.4 Å². The second-order valence-corrected chi connectivity index (χ2v) is 5.61. The number of piperidine rings is 1. The maximum atomic E-state index is 11.9. The van der Waals surface area contributed by atoms with Crippen LogP contribution in [0.25, 0.3) is 0 Å². The largest absolute Gasteiger partial charge is 0.343 e. The van der Waals surface area contributed by atoms with E-state index in [-0.39, 0.29) is 31.6 Å². The fourth-order valence-electron chi connectivity index (χ4n) is 2.43. The number of imide groups is 1. The number of carbonyl (C=O) groups excluding carboxylic acids is 4. The topological polar surface area (TPSA) is 84.0 Å². The molecular formula is C14H20N2O5. The summed E-state index contributed by atoms with van der Waals surface area (Å²) in [5, 5.41) is 0.509. The molecule has 2 aliphatic rings. The first kappa shape index (κ1) is 15.5. The van der Waals surface area contributed by atoms with Crippen molar-refractivity contribution in [1.29, 1.82) is 0 Å². The molecule has 7 nitrogen and oxygen atoms in total. The Balaban J connectivity index is 1.72. The van der Waals surface area contributed by atoms with E-state index in [0.29, 0.717) is 11.0 Å². The Morgan fingerprint density at radius 1 is 1.10 bits per heavy atom. The minimum atomic E-state index is -0.725. The van der Waals surface area contributed by atoms with Crippen molar-refractivity contribution in [3.63, 3.8) is 0 Å². The van der Waals surface area contributed by atoms with Crippen LogP contribution in [0.15, 0.2) is 0 Å². The third-order valence-electron chi connectivity index (χ3n) is 3.88. The quantitative estimate of drug-likeness (QED) is 0.711. The number of hydrogen-bond acceptors (Lipinski definition) is 5. The van der Waals surface area contributed by atoms with Gasteiger partial charge in [0.25, 0.3) is 11.8 Å². The standard InChI is InChI=1S/C14H20N2O5/c1-10-6-8-15(9-7-10)11(17)4-5-14(20)21-16-12(18)2-3-13(16)19/h10H,2-9H2,1H3. The predicted molar refractivity (Wildman–Crippen MR) is 71.4 cm³/mol. The summed E-state index contributed by atoms with van der Waals surface area (Å²) < 4.78 is 0. The number of hydrogen-bond donors (Lipinski definition) is 0. The van der Waals surface area contributed by atoms with Gasteiger partial charge in [-0.25, -0.2) is 4.79 Å². The molecule has 2 fully saturated rings.